The van der Waals surface area contributed by atoms with Crippen molar-refractivity contribution in [3.05, 3.63) is 73.8 Å². The molecule has 0 spiro atoms. The second-order valence-corrected chi connectivity index (χ2v) is 8.45. The Bertz CT molecular complexity index is 1120. The monoisotopic (exact) mass is 411 g/mol. The number of rotatable bonds is 5. The average Bonchev–Trinajstić information content (AvgIpc) is 3.42. The molecule has 0 N–H and O–H groups in total. The fraction of sp³-hybridized carbons (Fsp3) is 0.100. The van der Waals surface area contributed by atoms with E-state index >= 15 is 0 Å². The van der Waals surface area contributed by atoms with E-state index in [9.17, 15) is 0 Å². The molecular weight excluding hydrogens is 394 g/mol. The fourth-order valence-corrected chi connectivity index (χ4v) is 4.91. The standard InChI is InChI=1S/C20H17N3OS3/c1-14-9-11-26-19(14)12-21-23-17(18-4-3-10-25-18)13-27-20(23)22-15-5-7-16(24-2)8-6-15/h3-13H,1-2H3. The number of methoxy groups -OCH3 is 1. The molecule has 0 aliphatic carbocycles. The maximum absolute atomic E-state index is 5.22. The summed E-state index contributed by atoms with van der Waals surface area (Å²) in [5.41, 5.74) is 3.14. The van der Waals surface area contributed by atoms with Crippen LogP contribution in [0.4, 0.5) is 5.69 Å². The number of nitrogens with zero attached hydrogens (tertiary/aromatic N) is 3. The Balaban J connectivity index is 1.80. The summed E-state index contributed by atoms with van der Waals surface area (Å²) in [5.74, 6) is 0.818. The zero-order chi connectivity index (χ0) is 18.6. The molecule has 27 heavy (non-hydrogen) atoms. The van der Waals surface area contributed by atoms with Gasteiger partial charge in [-0.15, -0.1) is 34.0 Å². The topological polar surface area (TPSA) is 38.9 Å². The highest BCUT2D eigenvalue weighted by atomic mass is 32.1. The summed E-state index contributed by atoms with van der Waals surface area (Å²) in [4.78, 5) is 7.94. The quantitative estimate of drug-likeness (QED) is 0.384. The van der Waals surface area contributed by atoms with E-state index in [1.54, 1.807) is 41.1 Å². The Morgan fingerprint density at radius 2 is 1.85 bits per heavy atom. The van der Waals surface area contributed by atoms with Crippen LogP contribution in [0.3, 0.4) is 0 Å². The van der Waals surface area contributed by atoms with E-state index in [-0.39, 0.29) is 0 Å². The Morgan fingerprint density at radius 1 is 1.00 bits per heavy atom. The molecule has 7 heteroatoms. The van der Waals surface area contributed by atoms with Crippen molar-refractivity contribution in [1.29, 1.82) is 0 Å². The number of aromatic nitrogens is 1. The van der Waals surface area contributed by atoms with Crippen LogP contribution in [-0.2, 0) is 0 Å². The molecule has 0 bridgehead atoms. The normalized spacial score (nSPS) is 12.1. The summed E-state index contributed by atoms with van der Waals surface area (Å²) in [7, 11) is 1.66. The predicted octanol–water partition coefficient (Wildman–Crippen LogP) is 5.77. The van der Waals surface area contributed by atoms with Crippen molar-refractivity contribution in [1.82, 2.24) is 4.68 Å². The number of aryl methyl sites for hydroxylation is 1. The van der Waals surface area contributed by atoms with Crippen molar-refractivity contribution < 1.29 is 4.74 Å². The first-order valence-corrected chi connectivity index (χ1v) is 10.9. The van der Waals surface area contributed by atoms with Gasteiger partial charge in [0.2, 0.25) is 4.80 Å². The highest BCUT2D eigenvalue weighted by Crippen LogP contribution is 2.26. The van der Waals surface area contributed by atoms with Gasteiger partial charge in [-0.1, -0.05) is 6.07 Å². The van der Waals surface area contributed by atoms with Gasteiger partial charge in [-0.05, 0) is 59.6 Å². The van der Waals surface area contributed by atoms with Crippen molar-refractivity contribution in [2.75, 3.05) is 7.11 Å². The molecule has 0 saturated carbocycles. The molecule has 4 nitrogen and oxygen atoms in total. The molecule has 0 unspecified atom stereocenters. The van der Waals surface area contributed by atoms with Crippen molar-refractivity contribution in [2.24, 2.45) is 10.1 Å². The van der Waals surface area contributed by atoms with Gasteiger partial charge in [-0.3, -0.25) is 0 Å². The third kappa shape index (κ3) is 3.95. The lowest BCUT2D eigenvalue weighted by Crippen LogP contribution is -2.11. The van der Waals surface area contributed by atoms with Crippen LogP contribution in [-0.4, -0.2) is 18.0 Å². The van der Waals surface area contributed by atoms with E-state index in [2.05, 4.69) is 41.3 Å². The largest absolute Gasteiger partial charge is 0.497 e. The summed E-state index contributed by atoms with van der Waals surface area (Å²) in [6.07, 6.45) is 1.91. The molecule has 4 rings (SSSR count). The van der Waals surface area contributed by atoms with E-state index in [0.717, 1.165) is 26.8 Å². The maximum Gasteiger partial charge on any atom is 0.211 e. The van der Waals surface area contributed by atoms with Crippen LogP contribution in [0.5, 0.6) is 5.75 Å². The molecule has 1 aromatic carbocycles. The third-order valence-electron chi connectivity index (χ3n) is 3.95. The highest BCUT2D eigenvalue weighted by Gasteiger charge is 2.09. The molecule has 0 aliphatic rings. The number of thiazole rings is 1. The number of thiophene rings is 2. The van der Waals surface area contributed by atoms with Gasteiger partial charge in [0.15, 0.2) is 0 Å². The van der Waals surface area contributed by atoms with Crippen molar-refractivity contribution in [3.63, 3.8) is 0 Å². The average molecular weight is 412 g/mol. The lowest BCUT2D eigenvalue weighted by molar-refractivity contribution is 0.415. The van der Waals surface area contributed by atoms with Gasteiger partial charge in [0.05, 0.1) is 34.5 Å². The van der Waals surface area contributed by atoms with Gasteiger partial charge in [0.1, 0.15) is 5.75 Å². The summed E-state index contributed by atoms with van der Waals surface area (Å²) >= 11 is 4.97. The van der Waals surface area contributed by atoms with Crippen molar-refractivity contribution >= 4 is 45.9 Å². The lowest BCUT2D eigenvalue weighted by Gasteiger charge is -2.01. The highest BCUT2D eigenvalue weighted by molar-refractivity contribution is 7.14. The summed E-state index contributed by atoms with van der Waals surface area (Å²) in [6.45, 7) is 2.10. The maximum atomic E-state index is 5.22. The summed E-state index contributed by atoms with van der Waals surface area (Å²) in [6, 6.07) is 14.0. The molecule has 4 aromatic rings. The first-order chi connectivity index (χ1) is 13.2. The molecule has 0 fully saturated rings. The second kappa shape index (κ2) is 8.04. The SMILES string of the molecule is COc1ccc(N=c2scc(-c3cccs3)n2N=Cc2sccc2C)cc1. The van der Waals surface area contributed by atoms with Gasteiger partial charge in [-0.2, -0.15) is 5.10 Å². The van der Waals surface area contributed by atoms with E-state index in [0.29, 0.717) is 0 Å². The van der Waals surface area contributed by atoms with Crippen LogP contribution in [0.1, 0.15) is 10.4 Å². The van der Waals surface area contributed by atoms with Crippen LogP contribution in [0, 0.1) is 6.92 Å². The summed E-state index contributed by atoms with van der Waals surface area (Å²) in [5, 5.41) is 11.0. The minimum Gasteiger partial charge on any atom is -0.497 e. The number of benzene rings is 1. The van der Waals surface area contributed by atoms with Gasteiger partial charge >= 0.3 is 0 Å². The number of hydrogen-bond donors (Lipinski definition) is 0. The van der Waals surface area contributed by atoms with Gasteiger partial charge in [0, 0.05) is 5.38 Å². The number of hydrogen-bond acceptors (Lipinski definition) is 6. The van der Waals surface area contributed by atoms with E-state index in [1.807, 2.05) is 35.2 Å². The van der Waals surface area contributed by atoms with Crippen LogP contribution < -0.4 is 9.54 Å². The molecular formula is C20H17N3OS3. The zero-order valence-corrected chi connectivity index (χ0v) is 17.3. The van der Waals surface area contributed by atoms with Crippen molar-refractivity contribution in [3.8, 4) is 16.3 Å². The molecule has 0 atom stereocenters. The number of ether oxygens (including phenoxy) is 1. The van der Waals surface area contributed by atoms with E-state index in [4.69, 9.17) is 14.8 Å². The Hall–Kier alpha value is -2.48. The molecule has 0 saturated heterocycles. The minimum atomic E-state index is 0.818. The molecule has 3 heterocycles. The molecule has 0 radical (unpaired) electrons. The van der Waals surface area contributed by atoms with Crippen LogP contribution in [0.2, 0.25) is 0 Å². The van der Waals surface area contributed by atoms with Crippen molar-refractivity contribution in [2.45, 2.75) is 6.92 Å². The van der Waals surface area contributed by atoms with E-state index in [1.165, 1.54) is 10.4 Å². The molecule has 3 aromatic heterocycles. The van der Waals surface area contributed by atoms with Crippen LogP contribution >= 0.6 is 34.0 Å². The molecule has 0 amide bonds. The zero-order valence-electron chi connectivity index (χ0n) is 14.8. The predicted molar refractivity (Wildman–Crippen MR) is 116 cm³/mol. The smallest absolute Gasteiger partial charge is 0.211 e. The van der Waals surface area contributed by atoms with E-state index < -0.39 is 0 Å². The first-order valence-electron chi connectivity index (χ1n) is 8.26. The van der Waals surface area contributed by atoms with Crippen LogP contribution in [0.15, 0.2) is 68.7 Å². The fourth-order valence-electron chi connectivity index (χ4n) is 2.48. The van der Waals surface area contributed by atoms with Gasteiger partial charge in [-0.25, -0.2) is 9.67 Å². The summed E-state index contributed by atoms with van der Waals surface area (Å²) < 4.78 is 7.14. The molecule has 0 aliphatic heterocycles. The van der Waals surface area contributed by atoms with Crippen LogP contribution in [0.25, 0.3) is 10.6 Å². The third-order valence-corrected chi connectivity index (χ3v) is 6.61. The molecule has 136 valence electrons. The Morgan fingerprint density at radius 3 is 2.52 bits per heavy atom. The van der Waals surface area contributed by atoms with Gasteiger partial charge < -0.3 is 4.74 Å². The Labute approximate surface area is 169 Å². The van der Waals surface area contributed by atoms with Gasteiger partial charge in [0.25, 0.3) is 0 Å². The second-order valence-electron chi connectivity index (χ2n) is 5.71. The minimum absolute atomic E-state index is 0.818. The Kier molecular flexibility index (Phi) is 5.33. The first kappa shape index (κ1) is 17.9. The lowest BCUT2D eigenvalue weighted by atomic mass is 10.3.